The van der Waals surface area contributed by atoms with E-state index in [9.17, 15) is 17.6 Å². The molecule has 0 aliphatic rings. The third kappa shape index (κ3) is 4.40. The number of carbonyl (C=O) groups is 1. The summed E-state index contributed by atoms with van der Waals surface area (Å²) in [5, 5.41) is 2.95. The second-order valence-electron chi connectivity index (χ2n) is 7.13. The highest BCUT2D eigenvalue weighted by Gasteiger charge is 2.19. The molecule has 1 amide bonds. The van der Waals surface area contributed by atoms with E-state index in [1.165, 1.54) is 24.3 Å². The summed E-state index contributed by atoms with van der Waals surface area (Å²) in [5.41, 5.74) is 3.74. The minimum Gasteiger partial charge on any atom is -0.345 e. The molecule has 29 heavy (non-hydrogen) atoms. The molecule has 0 saturated heterocycles. The summed E-state index contributed by atoms with van der Waals surface area (Å²) in [5.74, 6) is -0.545. The molecule has 0 aliphatic carbocycles. The Bertz CT molecular complexity index is 1150. The molecule has 0 fully saturated rings. The zero-order valence-corrected chi connectivity index (χ0v) is 17.5. The van der Waals surface area contributed by atoms with Crippen LogP contribution in [-0.2, 0) is 9.84 Å². The first-order chi connectivity index (χ1) is 13.6. The third-order valence-corrected chi connectivity index (χ3v) is 6.04. The van der Waals surface area contributed by atoms with Gasteiger partial charge in [0.15, 0.2) is 9.84 Å². The van der Waals surface area contributed by atoms with Crippen LogP contribution in [0.15, 0.2) is 59.5 Å². The van der Waals surface area contributed by atoms with Gasteiger partial charge in [0.25, 0.3) is 5.91 Å². The van der Waals surface area contributed by atoms with Gasteiger partial charge in [0.05, 0.1) is 16.5 Å². The van der Waals surface area contributed by atoms with Crippen molar-refractivity contribution >= 4 is 15.7 Å². The quantitative estimate of drug-likeness (QED) is 0.683. The van der Waals surface area contributed by atoms with E-state index in [-0.39, 0.29) is 22.7 Å². The Balaban J connectivity index is 1.82. The summed E-state index contributed by atoms with van der Waals surface area (Å²) in [4.78, 5) is 13.1. The molecule has 5 nitrogen and oxygen atoms in total. The highest BCUT2D eigenvalue weighted by Crippen LogP contribution is 2.22. The van der Waals surface area contributed by atoms with Crippen LogP contribution in [0.2, 0.25) is 0 Å². The van der Waals surface area contributed by atoms with Gasteiger partial charge in [-0.15, -0.1) is 0 Å². The number of hydrogen-bond donors (Lipinski definition) is 1. The number of aryl methyl sites for hydroxylation is 1. The van der Waals surface area contributed by atoms with Crippen molar-refractivity contribution in [2.45, 2.75) is 31.7 Å². The van der Waals surface area contributed by atoms with Crippen molar-refractivity contribution < 1.29 is 17.6 Å². The van der Waals surface area contributed by atoms with Crippen LogP contribution in [-0.4, -0.2) is 25.1 Å². The predicted molar refractivity (Wildman–Crippen MR) is 111 cm³/mol. The number of rotatable bonds is 5. The molecule has 7 heteroatoms. The molecular weight excluding hydrogens is 391 g/mol. The van der Waals surface area contributed by atoms with E-state index in [0.717, 1.165) is 28.9 Å². The van der Waals surface area contributed by atoms with Gasteiger partial charge >= 0.3 is 0 Å². The molecule has 0 aliphatic heterocycles. The molecule has 152 valence electrons. The summed E-state index contributed by atoms with van der Waals surface area (Å²) in [7, 11) is -3.26. The van der Waals surface area contributed by atoms with E-state index in [1.54, 1.807) is 30.3 Å². The summed E-state index contributed by atoms with van der Waals surface area (Å²) in [6.45, 7) is 5.57. The summed E-state index contributed by atoms with van der Waals surface area (Å²) in [6.07, 6.45) is 1.16. The molecule has 0 radical (unpaired) electrons. The van der Waals surface area contributed by atoms with Gasteiger partial charge in [0.1, 0.15) is 5.82 Å². The lowest BCUT2D eigenvalue weighted by molar-refractivity contribution is 0.0939. The highest BCUT2D eigenvalue weighted by molar-refractivity contribution is 7.90. The zero-order chi connectivity index (χ0) is 21.3. The third-order valence-electron chi connectivity index (χ3n) is 4.92. The van der Waals surface area contributed by atoms with Crippen LogP contribution in [0.4, 0.5) is 4.39 Å². The van der Waals surface area contributed by atoms with Gasteiger partial charge in [-0.05, 0) is 68.8 Å². The van der Waals surface area contributed by atoms with Gasteiger partial charge in [-0.2, -0.15) is 0 Å². The van der Waals surface area contributed by atoms with E-state index in [1.807, 2.05) is 25.3 Å². The number of sulfone groups is 1. The topological polar surface area (TPSA) is 68.2 Å². The van der Waals surface area contributed by atoms with Crippen molar-refractivity contribution in [2.75, 3.05) is 6.26 Å². The standard InChI is InChI=1S/C22H23FN2O3S/c1-14-13-21(16(3)25(14)19-9-7-18(23)8-10-19)22(26)24-15(2)17-5-11-20(12-6-17)29(4,27)28/h5-13,15H,1-4H3,(H,24,26). The molecule has 0 spiro atoms. The van der Waals surface area contributed by atoms with E-state index in [2.05, 4.69) is 5.32 Å². The molecular formula is C22H23FN2O3S. The molecule has 1 N–H and O–H groups in total. The largest absolute Gasteiger partial charge is 0.345 e. The van der Waals surface area contributed by atoms with Crippen LogP contribution in [0.1, 0.15) is 40.3 Å². The fourth-order valence-electron chi connectivity index (χ4n) is 3.34. The monoisotopic (exact) mass is 414 g/mol. The maximum absolute atomic E-state index is 13.2. The molecule has 0 saturated carbocycles. The number of benzene rings is 2. The molecule has 2 aromatic carbocycles. The van der Waals surface area contributed by atoms with Crippen LogP contribution in [0.5, 0.6) is 0 Å². The Morgan fingerprint density at radius 1 is 1.03 bits per heavy atom. The van der Waals surface area contributed by atoms with Crippen LogP contribution in [0.25, 0.3) is 5.69 Å². The average molecular weight is 415 g/mol. The van der Waals surface area contributed by atoms with Gasteiger partial charge in [-0.3, -0.25) is 4.79 Å². The Kier molecular flexibility index (Phi) is 5.61. The zero-order valence-electron chi connectivity index (χ0n) is 16.7. The number of aromatic nitrogens is 1. The minimum atomic E-state index is -3.26. The summed E-state index contributed by atoms with van der Waals surface area (Å²) >= 11 is 0. The Morgan fingerprint density at radius 2 is 1.62 bits per heavy atom. The van der Waals surface area contributed by atoms with E-state index in [0.29, 0.717) is 5.56 Å². The number of nitrogens with zero attached hydrogens (tertiary/aromatic N) is 1. The van der Waals surface area contributed by atoms with Gasteiger partial charge in [-0.25, -0.2) is 12.8 Å². The van der Waals surface area contributed by atoms with Crippen LogP contribution in [0.3, 0.4) is 0 Å². The van der Waals surface area contributed by atoms with Crippen molar-refractivity contribution in [1.82, 2.24) is 9.88 Å². The Morgan fingerprint density at radius 3 is 2.17 bits per heavy atom. The molecule has 1 aromatic heterocycles. The number of amides is 1. The maximum Gasteiger partial charge on any atom is 0.253 e. The van der Waals surface area contributed by atoms with Gasteiger partial charge < -0.3 is 9.88 Å². The van der Waals surface area contributed by atoms with Gasteiger partial charge in [0, 0.05) is 23.3 Å². The lowest BCUT2D eigenvalue weighted by Gasteiger charge is -2.15. The normalized spacial score (nSPS) is 12.6. The summed E-state index contributed by atoms with van der Waals surface area (Å²) < 4.78 is 38.3. The van der Waals surface area contributed by atoms with Gasteiger partial charge in [-0.1, -0.05) is 12.1 Å². The lowest BCUT2D eigenvalue weighted by atomic mass is 10.1. The summed E-state index contributed by atoms with van der Waals surface area (Å²) in [6, 6.07) is 14.1. The second kappa shape index (κ2) is 7.83. The predicted octanol–water partition coefficient (Wildman–Crippen LogP) is 4.13. The lowest BCUT2D eigenvalue weighted by Crippen LogP contribution is -2.27. The fourth-order valence-corrected chi connectivity index (χ4v) is 3.97. The van der Waals surface area contributed by atoms with Crippen molar-refractivity contribution in [3.63, 3.8) is 0 Å². The number of hydrogen-bond acceptors (Lipinski definition) is 3. The number of halogens is 1. The van der Waals surface area contributed by atoms with Crippen molar-refractivity contribution in [3.05, 3.63) is 82.9 Å². The number of nitrogens with one attached hydrogen (secondary N) is 1. The molecule has 1 atom stereocenters. The second-order valence-corrected chi connectivity index (χ2v) is 9.15. The first-order valence-corrected chi connectivity index (χ1v) is 11.0. The van der Waals surface area contributed by atoms with E-state index >= 15 is 0 Å². The molecule has 0 bridgehead atoms. The fraction of sp³-hybridized carbons (Fsp3) is 0.227. The number of carbonyl (C=O) groups excluding carboxylic acids is 1. The SMILES string of the molecule is Cc1cc(C(=O)NC(C)c2ccc(S(C)(=O)=O)cc2)c(C)n1-c1ccc(F)cc1. The van der Waals surface area contributed by atoms with Crippen LogP contribution >= 0.6 is 0 Å². The Hall–Kier alpha value is -2.93. The molecule has 3 aromatic rings. The highest BCUT2D eigenvalue weighted by atomic mass is 32.2. The molecule has 1 unspecified atom stereocenters. The maximum atomic E-state index is 13.2. The van der Waals surface area contributed by atoms with Crippen molar-refractivity contribution in [1.29, 1.82) is 0 Å². The first kappa shape index (κ1) is 20.8. The average Bonchev–Trinajstić information content (AvgIpc) is 2.96. The van der Waals surface area contributed by atoms with E-state index in [4.69, 9.17) is 0 Å². The molecule has 1 heterocycles. The first-order valence-electron chi connectivity index (χ1n) is 9.13. The smallest absolute Gasteiger partial charge is 0.253 e. The van der Waals surface area contributed by atoms with E-state index < -0.39 is 9.84 Å². The van der Waals surface area contributed by atoms with Gasteiger partial charge in [0.2, 0.25) is 0 Å². The minimum absolute atomic E-state index is 0.230. The van der Waals surface area contributed by atoms with Crippen LogP contribution < -0.4 is 5.32 Å². The Labute approximate surface area is 170 Å². The van der Waals surface area contributed by atoms with Crippen molar-refractivity contribution in [2.24, 2.45) is 0 Å². The molecule has 3 rings (SSSR count). The van der Waals surface area contributed by atoms with Crippen LogP contribution in [0, 0.1) is 19.7 Å². The van der Waals surface area contributed by atoms with Crippen molar-refractivity contribution in [3.8, 4) is 5.69 Å².